The number of aliphatic hydroxyl groups is 1. The number of nitrogens with zero attached hydrogens (tertiary/aromatic N) is 2. The molecule has 0 saturated heterocycles. The molecule has 142 valence electrons. The lowest BCUT2D eigenvalue weighted by Gasteiger charge is -2.14. The van der Waals surface area contributed by atoms with Crippen molar-refractivity contribution in [2.45, 2.75) is 32.3 Å². The molecule has 0 radical (unpaired) electrons. The quantitative estimate of drug-likeness (QED) is 0.787. The number of rotatable bonds is 7. The molecule has 7 nitrogen and oxygen atoms in total. The SMILES string of the molecule is COc1ccc(OCC(O)CNC(=O)c2cc(C(C)(C)C)nn2C)cc1. The van der Waals surface area contributed by atoms with Crippen molar-refractivity contribution in [2.24, 2.45) is 7.05 Å². The van der Waals surface area contributed by atoms with E-state index in [9.17, 15) is 9.90 Å². The van der Waals surface area contributed by atoms with Gasteiger partial charge in [-0.15, -0.1) is 0 Å². The number of aromatic nitrogens is 2. The van der Waals surface area contributed by atoms with Gasteiger partial charge >= 0.3 is 0 Å². The number of aryl methyl sites for hydroxylation is 1. The highest BCUT2D eigenvalue weighted by Gasteiger charge is 2.22. The van der Waals surface area contributed by atoms with Gasteiger partial charge in [-0.1, -0.05) is 20.8 Å². The zero-order chi connectivity index (χ0) is 19.3. The third-order valence-electron chi connectivity index (χ3n) is 3.88. The van der Waals surface area contributed by atoms with Crippen LogP contribution in [0.3, 0.4) is 0 Å². The van der Waals surface area contributed by atoms with Gasteiger partial charge in [-0.3, -0.25) is 9.48 Å². The molecule has 7 heteroatoms. The van der Waals surface area contributed by atoms with Crippen LogP contribution in [-0.2, 0) is 12.5 Å². The van der Waals surface area contributed by atoms with E-state index in [0.29, 0.717) is 11.4 Å². The van der Waals surface area contributed by atoms with Crippen LogP contribution in [0.4, 0.5) is 0 Å². The first-order valence-electron chi connectivity index (χ1n) is 8.48. The fraction of sp³-hybridized carbons (Fsp3) is 0.474. The monoisotopic (exact) mass is 361 g/mol. The van der Waals surface area contributed by atoms with Crippen molar-refractivity contribution in [3.63, 3.8) is 0 Å². The summed E-state index contributed by atoms with van der Waals surface area (Å²) in [5, 5.41) is 17.1. The molecule has 0 saturated carbocycles. The van der Waals surface area contributed by atoms with Crippen molar-refractivity contribution >= 4 is 5.91 Å². The van der Waals surface area contributed by atoms with Crippen molar-refractivity contribution < 1.29 is 19.4 Å². The van der Waals surface area contributed by atoms with Crippen molar-refractivity contribution in [3.05, 3.63) is 41.7 Å². The third-order valence-corrected chi connectivity index (χ3v) is 3.88. The number of methoxy groups -OCH3 is 1. The Bertz CT molecular complexity index is 732. The summed E-state index contributed by atoms with van der Waals surface area (Å²) < 4.78 is 12.1. The Kier molecular flexibility index (Phi) is 6.26. The summed E-state index contributed by atoms with van der Waals surface area (Å²) in [5.41, 5.74) is 1.16. The summed E-state index contributed by atoms with van der Waals surface area (Å²) in [7, 11) is 3.32. The smallest absolute Gasteiger partial charge is 0.269 e. The summed E-state index contributed by atoms with van der Waals surface area (Å²) in [6.45, 7) is 6.28. The van der Waals surface area contributed by atoms with Crippen LogP contribution in [-0.4, -0.2) is 47.2 Å². The van der Waals surface area contributed by atoms with Crippen LogP contribution in [0.15, 0.2) is 30.3 Å². The van der Waals surface area contributed by atoms with E-state index in [2.05, 4.69) is 10.4 Å². The topological polar surface area (TPSA) is 85.6 Å². The molecule has 0 fully saturated rings. The Morgan fingerprint density at radius 2 is 1.88 bits per heavy atom. The van der Waals surface area contributed by atoms with Gasteiger partial charge in [0.05, 0.1) is 12.8 Å². The highest BCUT2D eigenvalue weighted by molar-refractivity contribution is 5.92. The van der Waals surface area contributed by atoms with E-state index in [0.717, 1.165) is 11.4 Å². The van der Waals surface area contributed by atoms with Crippen molar-refractivity contribution in [2.75, 3.05) is 20.3 Å². The van der Waals surface area contributed by atoms with Crippen LogP contribution >= 0.6 is 0 Å². The molecule has 0 aliphatic rings. The zero-order valence-electron chi connectivity index (χ0n) is 15.9. The molecule has 0 spiro atoms. The lowest BCUT2D eigenvalue weighted by molar-refractivity contribution is 0.0836. The Balaban J connectivity index is 1.83. The standard InChI is InChI=1S/C19H27N3O4/c1-19(2,3)17-10-16(22(4)21-17)18(24)20-11-13(23)12-26-15-8-6-14(25-5)7-9-15/h6-10,13,23H,11-12H2,1-5H3,(H,20,24). The molecule has 1 aromatic heterocycles. The Morgan fingerprint density at radius 3 is 2.42 bits per heavy atom. The van der Waals surface area contributed by atoms with Crippen molar-refractivity contribution in [1.29, 1.82) is 0 Å². The molecule has 0 bridgehead atoms. The Morgan fingerprint density at radius 1 is 1.27 bits per heavy atom. The van der Waals surface area contributed by atoms with Crippen LogP contribution in [0.25, 0.3) is 0 Å². The summed E-state index contributed by atoms with van der Waals surface area (Å²) in [6, 6.07) is 8.84. The first kappa shape index (κ1) is 19.8. The maximum atomic E-state index is 12.3. The highest BCUT2D eigenvalue weighted by Crippen LogP contribution is 2.21. The minimum Gasteiger partial charge on any atom is -0.497 e. The van der Waals surface area contributed by atoms with Gasteiger partial charge in [0.2, 0.25) is 0 Å². The number of ether oxygens (including phenoxy) is 2. The summed E-state index contributed by atoms with van der Waals surface area (Å²) in [5.74, 6) is 1.08. The minimum atomic E-state index is -0.823. The van der Waals surface area contributed by atoms with E-state index in [1.807, 2.05) is 20.8 Å². The first-order valence-corrected chi connectivity index (χ1v) is 8.48. The molecule has 2 N–H and O–H groups in total. The predicted octanol–water partition coefficient (Wildman–Crippen LogP) is 1.90. The van der Waals surface area contributed by atoms with E-state index < -0.39 is 6.10 Å². The molecule has 0 aliphatic heterocycles. The van der Waals surface area contributed by atoms with Gasteiger partial charge in [0.15, 0.2) is 0 Å². The molecular weight excluding hydrogens is 334 g/mol. The zero-order valence-corrected chi connectivity index (χ0v) is 15.9. The fourth-order valence-electron chi connectivity index (χ4n) is 2.27. The number of nitrogens with one attached hydrogen (secondary N) is 1. The van der Waals surface area contributed by atoms with Crippen LogP contribution < -0.4 is 14.8 Å². The number of aliphatic hydroxyl groups excluding tert-OH is 1. The van der Waals surface area contributed by atoms with Gasteiger partial charge in [0.25, 0.3) is 5.91 Å². The van der Waals surface area contributed by atoms with Crippen LogP contribution in [0.5, 0.6) is 11.5 Å². The van der Waals surface area contributed by atoms with Gasteiger partial charge in [-0.2, -0.15) is 5.10 Å². The van der Waals surface area contributed by atoms with Gasteiger partial charge in [-0.05, 0) is 30.3 Å². The lowest BCUT2D eigenvalue weighted by atomic mass is 9.92. The predicted molar refractivity (Wildman–Crippen MR) is 98.7 cm³/mol. The van der Waals surface area contributed by atoms with Crippen LogP contribution in [0, 0.1) is 0 Å². The second-order valence-electron chi connectivity index (χ2n) is 7.14. The molecule has 1 unspecified atom stereocenters. The molecule has 0 aliphatic carbocycles. The molecule has 26 heavy (non-hydrogen) atoms. The average molecular weight is 361 g/mol. The molecule has 1 atom stereocenters. The van der Waals surface area contributed by atoms with Gasteiger partial charge in [0, 0.05) is 19.0 Å². The van der Waals surface area contributed by atoms with Gasteiger partial charge in [-0.25, -0.2) is 0 Å². The van der Waals surface area contributed by atoms with Crippen molar-refractivity contribution in [1.82, 2.24) is 15.1 Å². The second-order valence-corrected chi connectivity index (χ2v) is 7.14. The maximum Gasteiger partial charge on any atom is 0.269 e. The number of hydrogen-bond donors (Lipinski definition) is 2. The summed E-state index contributed by atoms with van der Waals surface area (Å²) in [6.07, 6.45) is -0.823. The van der Waals surface area contributed by atoms with E-state index >= 15 is 0 Å². The number of hydrogen-bond acceptors (Lipinski definition) is 5. The number of benzene rings is 1. The summed E-state index contributed by atoms with van der Waals surface area (Å²) >= 11 is 0. The maximum absolute atomic E-state index is 12.3. The molecule has 2 rings (SSSR count). The molecule has 1 aromatic carbocycles. The Hall–Kier alpha value is -2.54. The van der Waals surface area contributed by atoms with Crippen LogP contribution in [0.2, 0.25) is 0 Å². The molecule has 1 heterocycles. The highest BCUT2D eigenvalue weighted by atomic mass is 16.5. The van der Waals surface area contributed by atoms with E-state index in [1.54, 1.807) is 49.2 Å². The normalized spacial score (nSPS) is 12.5. The number of amides is 1. The minimum absolute atomic E-state index is 0.0746. The molecule has 1 amide bonds. The fourth-order valence-corrected chi connectivity index (χ4v) is 2.27. The van der Waals surface area contributed by atoms with E-state index in [4.69, 9.17) is 9.47 Å². The average Bonchev–Trinajstić information content (AvgIpc) is 3.00. The largest absolute Gasteiger partial charge is 0.497 e. The van der Waals surface area contributed by atoms with E-state index in [1.165, 1.54) is 0 Å². The summed E-state index contributed by atoms with van der Waals surface area (Å²) in [4.78, 5) is 12.3. The van der Waals surface area contributed by atoms with E-state index in [-0.39, 0.29) is 24.5 Å². The second kappa shape index (κ2) is 8.23. The first-order chi connectivity index (χ1) is 12.2. The lowest BCUT2D eigenvalue weighted by Crippen LogP contribution is -2.36. The molecule has 2 aromatic rings. The van der Waals surface area contributed by atoms with Gasteiger partial charge < -0.3 is 19.9 Å². The third kappa shape index (κ3) is 5.23. The van der Waals surface area contributed by atoms with Gasteiger partial charge in [0.1, 0.15) is 29.9 Å². The number of carbonyl (C=O) groups is 1. The van der Waals surface area contributed by atoms with Crippen LogP contribution in [0.1, 0.15) is 37.0 Å². The Labute approximate surface area is 153 Å². The number of carbonyl (C=O) groups excluding carboxylic acids is 1. The van der Waals surface area contributed by atoms with Crippen molar-refractivity contribution in [3.8, 4) is 11.5 Å². The molecular formula is C19H27N3O4.